The first-order valence-corrected chi connectivity index (χ1v) is 7.22. The molecule has 0 N–H and O–H groups in total. The van der Waals surface area contributed by atoms with Gasteiger partial charge < -0.3 is 14.4 Å². The summed E-state index contributed by atoms with van der Waals surface area (Å²) >= 11 is 3.53. The van der Waals surface area contributed by atoms with Crippen molar-refractivity contribution in [3.63, 3.8) is 0 Å². The molecule has 0 atom stereocenters. The Hall–Kier alpha value is -0.226. The molecule has 21 heavy (non-hydrogen) atoms. The van der Waals surface area contributed by atoms with Crippen LogP contribution in [0.5, 0.6) is 5.75 Å². The number of ether oxygens (including phenoxy) is 2. The molecule has 0 saturated carbocycles. The predicted molar refractivity (Wildman–Crippen MR) is 80.2 cm³/mol. The number of amides is 1. The van der Waals surface area contributed by atoms with E-state index in [0.717, 1.165) is 21.5 Å². The Bertz CT molecular complexity index is 534. The van der Waals surface area contributed by atoms with Crippen molar-refractivity contribution in [3.05, 3.63) is 34.3 Å². The van der Waals surface area contributed by atoms with Gasteiger partial charge in [0.05, 0.1) is 6.61 Å². The molecule has 0 fully saturated rings. The molecule has 4 nitrogen and oxygen atoms in total. The number of halogens is 1. The van der Waals surface area contributed by atoms with Gasteiger partial charge in [0.15, 0.2) is 0 Å². The first-order valence-electron chi connectivity index (χ1n) is 6.42. The van der Waals surface area contributed by atoms with E-state index in [4.69, 9.17) is 9.47 Å². The zero-order chi connectivity index (χ0) is 14.5. The van der Waals surface area contributed by atoms with E-state index in [0.29, 0.717) is 26.1 Å². The van der Waals surface area contributed by atoms with Crippen LogP contribution in [0.2, 0.25) is 0 Å². The fourth-order valence-electron chi connectivity index (χ4n) is 2.00. The molecular weight excluding hydrogens is 411 g/mol. The van der Waals surface area contributed by atoms with E-state index in [1.807, 2.05) is 18.2 Å². The second-order valence-electron chi connectivity index (χ2n) is 4.46. The predicted octanol–water partition coefficient (Wildman–Crippen LogP) is 2.87. The number of carbonyl (C=O) groups is 1. The Kier molecular flexibility index (Phi) is 8.10. The summed E-state index contributed by atoms with van der Waals surface area (Å²) in [6, 6.07) is 5.72. The molecule has 0 bridgehead atoms. The zero-order valence-electron chi connectivity index (χ0n) is 12.2. The molecule has 0 aromatic heterocycles. The van der Waals surface area contributed by atoms with Crippen molar-refractivity contribution in [2.75, 3.05) is 27.4 Å². The number of carbonyl (C=O) groups excluding carboxylic acids is 1. The maximum atomic E-state index is 11.7. The van der Waals surface area contributed by atoms with Crippen LogP contribution < -0.4 is 4.74 Å². The monoisotopic (exact) mass is 427 g/mol. The van der Waals surface area contributed by atoms with Crippen LogP contribution in [0.25, 0.3) is 5.70 Å². The molecule has 111 valence electrons. The van der Waals surface area contributed by atoms with Crippen LogP contribution in [0.3, 0.4) is 0 Å². The Labute approximate surface area is 158 Å². The van der Waals surface area contributed by atoms with Crippen molar-refractivity contribution in [1.29, 1.82) is 0 Å². The molecule has 0 aliphatic carbocycles. The van der Waals surface area contributed by atoms with Crippen LogP contribution in [0.15, 0.2) is 22.7 Å². The van der Waals surface area contributed by atoms with E-state index < -0.39 is 0 Å². The van der Waals surface area contributed by atoms with Crippen molar-refractivity contribution < 1.29 is 47.0 Å². The third-order valence-electron chi connectivity index (χ3n) is 3.09. The van der Waals surface area contributed by atoms with Crippen LogP contribution in [-0.4, -0.2) is 38.2 Å². The number of allylic oxidation sites excluding steroid dienone is 1. The van der Waals surface area contributed by atoms with Gasteiger partial charge in [-0.2, -0.15) is 0 Å². The number of benzene rings is 1. The van der Waals surface area contributed by atoms with Gasteiger partial charge in [-0.05, 0) is 12.1 Å². The van der Waals surface area contributed by atoms with Gasteiger partial charge in [-0.1, -0.05) is 20.4 Å². The van der Waals surface area contributed by atoms with E-state index in [9.17, 15) is 4.79 Å². The molecule has 0 spiro atoms. The fraction of sp³-hybridized carbons (Fsp3) is 0.400. The van der Waals surface area contributed by atoms with Gasteiger partial charge in [-0.15, -0.1) is 23.7 Å². The first kappa shape index (κ1) is 18.8. The summed E-state index contributed by atoms with van der Waals surface area (Å²) < 4.78 is 11.4. The topological polar surface area (TPSA) is 38.8 Å². The standard InChI is InChI=1S/C15H17BrNO3.Y/c1-17-14(4-3-5-15(17)18)12-7-6-11(10-13(12)16)20-9-8-19-2;/h6-7,10H,3,5,8-9H2,1-2H3;/q-1;. The fourth-order valence-corrected chi connectivity index (χ4v) is 2.54. The normalized spacial score (nSPS) is 14.5. The summed E-state index contributed by atoms with van der Waals surface area (Å²) in [5, 5.41) is 0. The van der Waals surface area contributed by atoms with Crippen LogP contribution >= 0.6 is 15.9 Å². The number of rotatable bonds is 5. The van der Waals surface area contributed by atoms with Crippen molar-refractivity contribution >= 4 is 27.5 Å². The summed E-state index contributed by atoms with van der Waals surface area (Å²) in [6.45, 7) is 1.06. The molecule has 1 aliphatic heterocycles. The van der Waals surface area contributed by atoms with Crippen LogP contribution in [-0.2, 0) is 42.2 Å². The average molecular weight is 428 g/mol. The van der Waals surface area contributed by atoms with Crippen LogP contribution in [0.1, 0.15) is 18.4 Å². The van der Waals surface area contributed by atoms with Gasteiger partial charge >= 0.3 is 0 Å². The van der Waals surface area contributed by atoms with Gasteiger partial charge in [0.2, 0.25) is 5.91 Å². The Balaban J connectivity index is 0.00000220. The Morgan fingerprint density at radius 3 is 2.81 bits per heavy atom. The smallest absolute Gasteiger partial charge is 0.222 e. The average Bonchev–Trinajstić information content (AvgIpc) is 2.43. The molecule has 2 rings (SSSR count). The van der Waals surface area contributed by atoms with Crippen LogP contribution in [0.4, 0.5) is 0 Å². The molecule has 1 amide bonds. The molecule has 1 radical (unpaired) electrons. The molecule has 0 unspecified atom stereocenters. The molecular formula is C15H17BrNO3Y-. The second kappa shape index (κ2) is 9.03. The minimum absolute atomic E-state index is 0. The minimum Gasteiger partial charge on any atom is -0.491 e. The van der Waals surface area contributed by atoms with Gasteiger partial charge in [-0.3, -0.25) is 4.79 Å². The molecule has 1 aromatic carbocycles. The third kappa shape index (κ3) is 4.88. The van der Waals surface area contributed by atoms with E-state index in [2.05, 4.69) is 22.0 Å². The van der Waals surface area contributed by atoms with Gasteiger partial charge in [0.25, 0.3) is 0 Å². The van der Waals surface area contributed by atoms with Crippen molar-refractivity contribution in [2.45, 2.75) is 12.8 Å². The SMILES string of the molecule is COCCOc1ccc(C2=[C-]CCC(=O)N2C)c(Br)c1.[Y]. The van der Waals surface area contributed by atoms with Gasteiger partial charge in [0.1, 0.15) is 12.4 Å². The van der Waals surface area contributed by atoms with E-state index >= 15 is 0 Å². The summed E-state index contributed by atoms with van der Waals surface area (Å²) in [7, 11) is 3.42. The quantitative estimate of drug-likeness (QED) is 0.535. The number of hydrogen-bond donors (Lipinski definition) is 0. The third-order valence-corrected chi connectivity index (χ3v) is 3.75. The Morgan fingerprint density at radius 1 is 1.38 bits per heavy atom. The van der Waals surface area contributed by atoms with Gasteiger partial charge in [0, 0.05) is 53.3 Å². The van der Waals surface area contributed by atoms with Crippen molar-refractivity contribution in [2.24, 2.45) is 0 Å². The minimum atomic E-state index is 0. The molecule has 1 aromatic rings. The van der Waals surface area contributed by atoms with Gasteiger partial charge in [-0.25, -0.2) is 6.08 Å². The van der Waals surface area contributed by atoms with E-state index in [1.165, 1.54) is 0 Å². The van der Waals surface area contributed by atoms with Crippen molar-refractivity contribution in [3.8, 4) is 5.75 Å². The molecule has 0 saturated heterocycles. The van der Waals surface area contributed by atoms with E-state index in [1.54, 1.807) is 19.1 Å². The first-order chi connectivity index (χ1) is 9.63. The maximum Gasteiger partial charge on any atom is 0.222 e. The zero-order valence-corrected chi connectivity index (χ0v) is 16.6. The summed E-state index contributed by atoms with van der Waals surface area (Å²) in [4.78, 5) is 13.4. The Morgan fingerprint density at radius 2 is 2.14 bits per heavy atom. The van der Waals surface area contributed by atoms with E-state index in [-0.39, 0.29) is 38.6 Å². The second-order valence-corrected chi connectivity index (χ2v) is 5.32. The van der Waals surface area contributed by atoms with Crippen molar-refractivity contribution in [1.82, 2.24) is 4.90 Å². The molecule has 6 heteroatoms. The summed E-state index contributed by atoms with van der Waals surface area (Å²) in [6.07, 6.45) is 4.45. The molecule has 1 aliphatic rings. The van der Waals surface area contributed by atoms with Crippen LogP contribution in [0, 0.1) is 6.08 Å². The number of hydrogen-bond acceptors (Lipinski definition) is 3. The summed E-state index contributed by atoms with van der Waals surface area (Å²) in [5.41, 5.74) is 1.76. The summed E-state index contributed by atoms with van der Waals surface area (Å²) in [5.74, 6) is 0.883. The largest absolute Gasteiger partial charge is 0.491 e. The maximum absolute atomic E-state index is 11.7. The number of nitrogens with zero attached hydrogens (tertiary/aromatic N) is 1. The molecule has 1 heterocycles. The number of methoxy groups -OCH3 is 1.